The molecule has 1 atom stereocenters. The SMILES string of the molecule is CCCN(CCC(C)CC)C(=O)CCN=C/C(=C\N)c1nc2ccc(N)c(C=N)c2c2c1CCCC2. The van der Waals surface area contributed by atoms with Gasteiger partial charge >= 0.3 is 0 Å². The molecular weight excluding hydrogens is 448 g/mol. The minimum Gasteiger partial charge on any atom is -0.404 e. The van der Waals surface area contributed by atoms with Gasteiger partial charge in [-0.05, 0) is 67.7 Å². The lowest BCUT2D eigenvalue weighted by Gasteiger charge is -2.23. The second kappa shape index (κ2) is 13.2. The van der Waals surface area contributed by atoms with Gasteiger partial charge in [0.1, 0.15) is 0 Å². The maximum atomic E-state index is 12.8. The third-order valence-corrected chi connectivity index (χ3v) is 7.26. The zero-order valence-electron chi connectivity index (χ0n) is 22.1. The molecule has 0 bridgehead atoms. The number of aryl methyl sites for hydroxylation is 1. The molecule has 0 saturated heterocycles. The molecule has 0 aliphatic heterocycles. The lowest BCUT2D eigenvalue weighted by molar-refractivity contribution is -0.131. The van der Waals surface area contributed by atoms with Crippen molar-refractivity contribution in [1.29, 1.82) is 5.41 Å². The molecule has 0 radical (unpaired) electrons. The number of benzene rings is 1. The molecule has 5 N–H and O–H groups in total. The Morgan fingerprint density at radius 1 is 1.22 bits per heavy atom. The Morgan fingerprint density at radius 2 is 1.97 bits per heavy atom. The number of hydrogen-bond donors (Lipinski definition) is 3. The highest BCUT2D eigenvalue weighted by Crippen LogP contribution is 2.35. The third-order valence-electron chi connectivity index (χ3n) is 7.26. The average molecular weight is 491 g/mol. The van der Waals surface area contributed by atoms with E-state index in [-0.39, 0.29) is 5.91 Å². The Labute approximate surface area is 215 Å². The molecular formula is C29H42N6O. The van der Waals surface area contributed by atoms with Crippen molar-refractivity contribution in [3.8, 4) is 0 Å². The zero-order chi connectivity index (χ0) is 26.1. The molecule has 0 saturated carbocycles. The number of allylic oxidation sites excluding steroid dienone is 1. The monoisotopic (exact) mass is 490 g/mol. The summed E-state index contributed by atoms with van der Waals surface area (Å²) in [5.41, 5.74) is 18.4. The summed E-state index contributed by atoms with van der Waals surface area (Å²) in [6.45, 7) is 8.56. The van der Waals surface area contributed by atoms with Gasteiger partial charge in [-0.2, -0.15) is 0 Å². The molecule has 1 heterocycles. The number of pyridine rings is 1. The topological polar surface area (TPSA) is 121 Å². The fraction of sp³-hybridized carbons (Fsp3) is 0.517. The van der Waals surface area contributed by atoms with Crippen LogP contribution in [0.25, 0.3) is 16.5 Å². The molecule has 7 heteroatoms. The fourth-order valence-corrected chi connectivity index (χ4v) is 4.94. The summed E-state index contributed by atoms with van der Waals surface area (Å²) in [6.07, 6.45) is 12.2. The van der Waals surface area contributed by atoms with Crippen molar-refractivity contribution in [2.45, 2.75) is 72.1 Å². The first-order chi connectivity index (χ1) is 17.4. The molecule has 0 fully saturated rings. The quantitative estimate of drug-likeness (QED) is 0.282. The van der Waals surface area contributed by atoms with E-state index in [0.717, 1.165) is 85.8 Å². The first-order valence-electron chi connectivity index (χ1n) is 13.4. The van der Waals surface area contributed by atoms with Crippen LogP contribution in [0.1, 0.15) is 81.7 Å². The number of hydrogen-bond acceptors (Lipinski definition) is 6. The lowest BCUT2D eigenvalue weighted by atomic mass is 9.85. The lowest BCUT2D eigenvalue weighted by Crippen LogP contribution is -2.33. The summed E-state index contributed by atoms with van der Waals surface area (Å²) in [7, 11) is 0. The third kappa shape index (κ3) is 6.31. The highest BCUT2D eigenvalue weighted by molar-refractivity contribution is 6.11. The largest absolute Gasteiger partial charge is 0.404 e. The predicted octanol–water partition coefficient (Wildman–Crippen LogP) is 5.13. The molecule has 3 rings (SSSR count). The van der Waals surface area contributed by atoms with Crippen LogP contribution < -0.4 is 11.5 Å². The van der Waals surface area contributed by atoms with Crippen LogP contribution >= 0.6 is 0 Å². The van der Waals surface area contributed by atoms with Crippen LogP contribution in [-0.2, 0) is 17.6 Å². The van der Waals surface area contributed by atoms with E-state index in [1.165, 1.54) is 17.3 Å². The number of fused-ring (bicyclic) bond motifs is 3. The molecule has 1 aliphatic carbocycles. The van der Waals surface area contributed by atoms with Gasteiger partial charge in [-0.1, -0.05) is 27.2 Å². The highest BCUT2D eigenvalue weighted by Gasteiger charge is 2.22. The van der Waals surface area contributed by atoms with Gasteiger partial charge in [0.15, 0.2) is 0 Å². The van der Waals surface area contributed by atoms with E-state index in [2.05, 4.69) is 25.8 Å². The van der Waals surface area contributed by atoms with Crippen molar-refractivity contribution in [3.63, 3.8) is 0 Å². The Balaban J connectivity index is 1.79. The van der Waals surface area contributed by atoms with E-state index in [1.807, 2.05) is 17.0 Å². The maximum absolute atomic E-state index is 12.8. The molecule has 194 valence electrons. The number of aliphatic imine (C=N–C) groups is 1. The van der Waals surface area contributed by atoms with Gasteiger partial charge in [0.2, 0.25) is 5.91 Å². The number of anilines is 1. The van der Waals surface area contributed by atoms with Crippen LogP contribution in [0.4, 0.5) is 5.69 Å². The summed E-state index contributed by atoms with van der Waals surface area (Å²) in [5, 5.41) is 8.88. The van der Waals surface area contributed by atoms with Gasteiger partial charge in [-0.3, -0.25) is 9.79 Å². The molecule has 1 unspecified atom stereocenters. The summed E-state index contributed by atoms with van der Waals surface area (Å²) in [6, 6.07) is 3.73. The number of nitrogen functional groups attached to an aromatic ring is 1. The van der Waals surface area contributed by atoms with Crippen LogP contribution in [0.2, 0.25) is 0 Å². The van der Waals surface area contributed by atoms with E-state index in [4.69, 9.17) is 21.9 Å². The number of nitrogens with one attached hydrogen (secondary N) is 1. The predicted molar refractivity (Wildman–Crippen MR) is 152 cm³/mol. The fourth-order valence-electron chi connectivity index (χ4n) is 4.94. The van der Waals surface area contributed by atoms with Gasteiger partial charge in [0.05, 0.1) is 11.2 Å². The van der Waals surface area contributed by atoms with Crippen LogP contribution in [0.3, 0.4) is 0 Å². The molecule has 0 spiro atoms. The molecule has 1 aromatic heterocycles. The second-order valence-electron chi connectivity index (χ2n) is 9.82. The Kier molecular flexibility index (Phi) is 10.0. The van der Waals surface area contributed by atoms with E-state index in [9.17, 15) is 4.79 Å². The van der Waals surface area contributed by atoms with E-state index in [0.29, 0.717) is 24.6 Å². The number of carbonyl (C=O) groups is 1. The van der Waals surface area contributed by atoms with Gasteiger partial charge in [-0.25, -0.2) is 4.98 Å². The maximum Gasteiger partial charge on any atom is 0.224 e. The normalized spacial score (nSPS) is 14.7. The summed E-state index contributed by atoms with van der Waals surface area (Å²) < 4.78 is 0. The molecule has 2 aromatic rings. The number of amides is 1. The van der Waals surface area contributed by atoms with Crippen molar-refractivity contribution in [1.82, 2.24) is 9.88 Å². The number of carbonyl (C=O) groups excluding carboxylic acids is 1. The Morgan fingerprint density at radius 3 is 2.64 bits per heavy atom. The van der Waals surface area contributed by atoms with Crippen LogP contribution in [-0.4, -0.2) is 47.9 Å². The number of rotatable bonds is 12. The van der Waals surface area contributed by atoms with E-state index in [1.54, 1.807) is 12.4 Å². The second-order valence-corrected chi connectivity index (χ2v) is 9.82. The first-order valence-corrected chi connectivity index (χ1v) is 13.4. The summed E-state index contributed by atoms with van der Waals surface area (Å²) >= 11 is 0. The number of aromatic nitrogens is 1. The number of nitrogens with zero attached hydrogens (tertiary/aromatic N) is 3. The smallest absolute Gasteiger partial charge is 0.224 e. The number of nitrogens with two attached hydrogens (primary N) is 2. The molecule has 1 aliphatic rings. The molecule has 1 amide bonds. The summed E-state index contributed by atoms with van der Waals surface area (Å²) in [5.74, 6) is 0.785. The summed E-state index contributed by atoms with van der Waals surface area (Å²) in [4.78, 5) is 24.3. The van der Waals surface area contributed by atoms with Gasteiger partial charge in [-0.15, -0.1) is 0 Å². The molecule has 7 nitrogen and oxygen atoms in total. The van der Waals surface area contributed by atoms with E-state index >= 15 is 0 Å². The standard InChI is InChI=1S/C29H42N6O/c1-4-15-35(16-13-20(3)5-2)27(36)12-14-33-19-21(17-30)29-23-9-7-6-8-22(23)28-24(18-31)25(32)10-11-26(28)34-29/h10-11,17-20,31H,4-9,12-16,30,32H2,1-3H3/b21-17+,31-18?,33-19?. The molecule has 36 heavy (non-hydrogen) atoms. The van der Waals surface area contributed by atoms with Crippen molar-refractivity contribution >= 4 is 40.5 Å². The van der Waals surface area contributed by atoms with Crippen LogP contribution in [0.5, 0.6) is 0 Å². The Bertz CT molecular complexity index is 1140. The van der Waals surface area contributed by atoms with Crippen LogP contribution in [0.15, 0.2) is 23.3 Å². The zero-order valence-corrected chi connectivity index (χ0v) is 22.1. The minimum absolute atomic E-state index is 0.161. The Hall–Kier alpha value is -3.22. The van der Waals surface area contributed by atoms with Gasteiger partial charge in [0, 0.05) is 66.9 Å². The van der Waals surface area contributed by atoms with Crippen molar-refractivity contribution in [3.05, 3.63) is 40.7 Å². The minimum atomic E-state index is 0.161. The van der Waals surface area contributed by atoms with Gasteiger partial charge < -0.3 is 21.8 Å². The average Bonchev–Trinajstić information content (AvgIpc) is 2.90. The van der Waals surface area contributed by atoms with E-state index < -0.39 is 0 Å². The first kappa shape index (κ1) is 27.4. The highest BCUT2D eigenvalue weighted by atomic mass is 16.2. The van der Waals surface area contributed by atoms with Crippen molar-refractivity contribution in [2.24, 2.45) is 16.6 Å². The molecule has 1 aromatic carbocycles. The van der Waals surface area contributed by atoms with Crippen molar-refractivity contribution in [2.75, 3.05) is 25.4 Å². The van der Waals surface area contributed by atoms with Crippen LogP contribution in [0, 0.1) is 11.3 Å². The van der Waals surface area contributed by atoms with Gasteiger partial charge in [0.25, 0.3) is 0 Å². The van der Waals surface area contributed by atoms with Crippen molar-refractivity contribution < 1.29 is 4.79 Å².